The third-order valence-corrected chi connectivity index (χ3v) is 1.99. The molecule has 0 atom stereocenters. The Morgan fingerprint density at radius 2 is 1.67 bits per heavy atom. The van der Waals surface area contributed by atoms with Crippen molar-refractivity contribution in [1.82, 2.24) is 0 Å². The molecule has 0 bridgehead atoms. The van der Waals surface area contributed by atoms with E-state index < -0.39 is 6.36 Å². The Balaban J connectivity index is 0.00000137. The summed E-state index contributed by atoms with van der Waals surface area (Å²) in [5.74, 6) is 0.267. The van der Waals surface area contributed by atoms with Gasteiger partial charge in [-0.2, -0.15) is 0 Å². The van der Waals surface area contributed by atoms with E-state index in [0.29, 0.717) is 5.92 Å². The second-order valence-corrected chi connectivity index (χ2v) is 4.30. The highest BCUT2D eigenvalue weighted by atomic mass is 19.4. The van der Waals surface area contributed by atoms with Crippen molar-refractivity contribution < 1.29 is 17.9 Å². The number of halogens is 3. The summed E-state index contributed by atoms with van der Waals surface area (Å²) < 4.78 is 40.0. The van der Waals surface area contributed by atoms with Crippen LogP contribution in [0.15, 0.2) is 18.2 Å². The highest BCUT2D eigenvalue weighted by Gasteiger charge is 2.31. The van der Waals surface area contributed by atoms with E-state index in [1.165, 1.54) is 12.1 Å². The molecule has 1 nitrogen and oxygen atoms in total. The second-order valence-electron chi connectivity index (χ2n) is 4.30. The summed E-state index contributed by atoms with van der Waals surface area (Å²) in [6.07, 6.45) is -3.88. The van der Waals surface area contributed by atoms with Crippen molar-refractivity contribution in [2.75, 3.05) is 0 Å². The van der Waals surface area contributed by atoms with Gasteiger partial charge in [-0.05, 0) is 42.5 Å². The fraction of sp³-hybridized carbons (Fsp3) is 0.571. The minimum Gasteiger partial charge on any atom is -0.406 e. The van der Waals surface area contributed by atoms with Crippen LogP contribution in [0.4, 0.5) is 13.2 Å². The van der Waals surface area contributed by atoms with Crippen LogP contribution in [0, 0.1) is 12.8 Å². The molecule has 0 saturated heterocycles. The molecule has 1 aromatic carbocycles. The van der Waals surface area contributed by atoms with Gasteiger partial charge in [-0.3, -0.25) is 0 Å². The first-order valence-corrected chi connectivity index (χ1v) is 6.12. The van der Waals surface area contributed by atoms with Gasteiger partial charge in [0.2, 0.25) is 0 Å². The fourth-order valence-corrected chi connectivity index (χ4v) is 1.61. The van der Waals surface area contributed by atoms with Crippen molar-refractivity contribution in [3.05, 3.63) is 29.3 Å². The number of hydrogen-bond donors (Lipinski definition) is 0. The lowest BCUT2D eigenvalue weighted by atomic mass is 10.0. The smallest absolute Gasteiger partial charge is 0.406 e. The molecule has 1 rings (SSSR count). The molecule has 0 amide bonds. The lowest BCUT2D eigenvalue weighted by Crippen LogP contribution is -2.17. The van der Waals surface area contributed by atoms with E-state index in [4.69, 9.17) is 0 Å². The third-order valence-electron chi connectivity index (χ3n) is 1.99. The van der Waals surface area contributed by atoms with Gasteiger partial charge in [0.25, 0.3) is 0 Å². The monoisotopic (exact) mass is 262 g/mol. The maximum atomic E-state index is 12.0. The van der Waals surface area contributed by atoms with E-state index in [1.54, 1.807) is 6.92 Å². The number of hydrogen-bond acceptors (Lipinski definition) is 1. The van der Waals surface area contributed by atoms with Gasteiger partial charge in [0.1, 0.15) is 5.75 Å². The lowest BCUT2D eigenvalue weighted by Gasteiger charge is -2.12. The van der Waals surface area contributed by atoms with Gasteiger partial charge in [0, 0.05) is 0 Å². The lowest BCUT2D eigenvalue weighted by molar-refractivity contribution is -0.274. The number of aryl methyl sites for hydroxylation is 1. The summed E-state index contributed by atoms with van der Waals surface area (Å²) in [6.45, 7) is 9.80. The van der Waals surface area contributed by atoms with Crippen molar-refractivity contribution in [3.8, 4) is 5.75 Å². The topological polar surface area (TPSA) is 9.23 Å². The summed E-state index contributed by atoms with van der Waals surface area (Å²) in [5.41, 5.74) is 1.65. The molecule has 0 radical (unpaired) electrons. The molecule has 4 heteroatoms. The van der Waals surface area contributed by atoms with E-state index in [2.05, 4.69) is 4.74 Å². The van der Waals surface area contributed by atoms with Crippen molar-refractivity contribution in [3.63, 3.8) is 0 Å². The summed E-state index contributed by atoms with van der Waals surface area (Å²) in [5, 5.41) is 0. The highest BCUT2D eigenvalue weighted by Crippen LogP contribution is 2.25. The normalized spacial score (nSPS) is 10.9. The summed E-state index contributed by atoms with van der Waals surface area (Å²) >= 11 is 0. The molecule has 0 heterocycles. The first-order chi connectivity index (χ1) is 8.26. The number of rotatable bonds is 3. The minimum atomic E-state index is -4.62. The number of alkyl halides is 3. The molecule has 0 aromatic heterocycles. The molecule has 1 aromatic rings. The van der Waals surface area contributed by atoms with Crippen LogP contribution in [-0.4, -0.2) is 6.36 Å². The van der Waals surface area contributed by atoms with Crippen LogP contribution >= 0.6 is 0 Å². The van der Waals surface area contributed by atoms with Crippen LogP contribution < -0.4 is 4.74 Å². The van der Waals surface area contributed by atoms with E-state index in [0.717, 1.165) is 17.5 Å². The Bertz CT molecular complexity index is 357. The van der Waals surface area contributed by atoms with Gasteiger partial charge in [0.05, 0.1) is 0 Å². The quantitative estimate of drug-likeness (QED) is 0.734. The largest absolute Gasteiger partial charge is 0.573 e. The van der Waals surface area contributed by atoms with Crippen LogP contribution in [0.3, 0.4) is 0 Å². The molecule has 0 spiro atoms. The van der Waals surface area contributed by atoms with Crippen molar-refractivity contribution in [2.45, 2.75) is 47.4 Å². The molecule has 0 unspecified atom stereocenters. The van der Waals surface area contributed by atoms with Gasteiger partial charge in [0.15, 0.2) is 0 Å². The molecule has 0 aliphatic heterocycles. The Hall–Kier alpha value is -1.19. The standard InChI is InChI=1S/C12H15F3O.C2H6/c1-8(2)4-10-5-9(3)6-11(7-10)16-12(13,14)15;1-2/h5-8H,4H2,1-3H3;1-2H3. The van der Waals surface area contributed by atoms with Crippen LogP contribution in [-0.2, 0) is 6.42 Å². The van der Waals surface area contributed by atoms with Crippen LogP contribution in [0.1, 0.15) is 38.8 Å². The molecular formula is C14H21F3O. The first kappa shape index (κ1) is 16.8. The summed E-state index contributed by atoms with van der Waals surface area (Å²) in [6, 6.07) is 4.71. The molecule has 0 aliphatic carbocycles. The van der Waals surface area contributed by atoms with Crippen LogP contribution in [0.25, 0.3) is 0 Å². The number of ether oxygens (including phenoxy) is 1. The zero-order valence-electron chi connectivity index (χ0n) is 11.6. The van der Waals surface area contributed by atoms with Crippen LogP contribution in [0.2, 0.25) is 0 Å². The van der Waals surface area contributed by atoms with E-state index in [-0.39, 0.29) is 5.75 Å². The Labute approximate surface area is 107 Å². The Morgan fingerprint density at radius 3 is 2.11 bits per heavy atom. The predicted octanol–water partition coefficient (Wildman–Crippen LogP) is 5.12. The maximum Gasteiger partial charge on any atom is 0.573 e. The molecule has 0 N–H and O–H groups in total. The van der Waals surface area contributed by atoms with E-state index in [9.17, 15) is 13.2 Å². The van der Waals surface area contributed by atoms with E-state index in [1.807, 2.05) is 33.8 Å². The minimum absolute atomic E-state index is 0.136. The maximum absolute atomic E-state index is 12.0. The van der Waals surface area contributed by atoms with Gasteiger partial charge < -0.3 is 4.74 Å². The Morgan fingerprint density at radius 1 is 1.11 bits per heavy atom. The molecular weight excluding hydrogens is 241 g/mol. The van der Waals surface area contributed by atoms with Gasteiger partial charge in [-0.25, -0.2) is 0 Å². The zero-order chi connectivity index (χ0) is 14.3. The SMILES string of the molecule is CC.Cc1cc(CC(C)C)cc(OC(F)(F)F)c1. The van der Waals surface area contributed by atoms with Gasteiger partial charge >= 0.3 is 6.36 Å². The van der Waals surface area contributed by atoms with E-state index >= 15 is 0 Å². The zero-order valence-corrected chi connectivity index (χ0v) is 11.6. The second kappa shape index (κ2) is 7.29. The van der Waals surface area contributed by atoms with Crippen molar-refractivity contribution in [1.29, 1.82) is 0 Å². The predicted molar refractivity (Wildman–Crippen MR) is 67.8 cm³/mol. The van der Waals surface area contributed by atoms with Crippen molar-refractivity contribution in [2.24, 2.45) is 5.92 Å². The van der Waals surface area contributed by atoms with Gasteiger partial charge in [-0.15, -0.1) is 13.2 Å². The molecule has 0 saturated carbocycles. The molecule has 104 valence electrons. The molecule has 18 heavy (non-hydrogen) atoms. The summed E-state index contributed by atoms with van der Waals surface area (Å²) in [4.78, 5) is 0. The highest BCUT2D eigenvalue weighted by molar-refractivity contribution is 5.34. The Kier molecular flexibility index (Phi) is 6.81. The molecule has 0 fully saturated rings. The van der Waals surface area contributed by atoms with Crippen molar-refractivity contribution >= 4 is 0 Å². The summed E-state index contributed by atoms with van der Waals surface area (Å²) in [7, 11) is 0. The fourth-order valence-electron chi connectivity index (χ4n) is 1.61. The molecule has 0 aliphatic rings. The first-order valence-electron chi connectivity index (χ1n) is 6.12. The number of benzene rings is 1. The van der Waals surface area contributed by atoms with Gasteiger partial charge in [-0.1, -0.05) is 33.8 Å². The average molecular weight is 262 g/mol. The third kappa shape index (κ3) is 7.20. The van der Waals surface area contributed by atoms with Crippen LogP contribution in [0.5, 0.6) is 5.75 Å². The average Bonchev–Trinajstić information content (AvgIpc) is 2.15.